The Morgan fingerprint density at radius 2 is 2.07 bits per heavy atom. The number of amides is 1. The van der Waals surface area contributed by atoms with Gasteiger partial charge in [-0.1, -0.05) is 12.1 Å². The molecule has 8 heteroatoms. The Morgan fingerprint density at radius 1 is 1.26 bits per heavy atom. The molecule has 2 heterocycles. The molecule has 27 heavy (non-hydrogen) atoms. The molecule has 1 aliphatic heterocycles. The van der Waals surface area contributed by atoms with Crippen LogP contribution in [0.4, 0.5) is 19.3 Å². The first kappa shape index (κ1) is 17.3. The summed E-state index contributed by atoms with van der Waals surface area (Å²) in [5.41, 5.74) is 3.21. The van der Waals surface area contributed by atoms with Gasteiger partial charge >= 0.3 is 6.09 Å². The first-order valence-corrected chi connectivity index (χ1v) is 8.52. The van der Waals surface area contributed by atoms with Gasteiger partial charge in [-0.15, -0.1) is 0 Å². The number of H-pyrrole nitrogens is 1. The quantitative estimate of drug-likeness (QED) is 0.700. The minimum absolute atomic E-state index is 0.0433. The highest BCUT2D eigenvalue weighted by molar-refractivity contribution is 5.93. The highest BCUT2D eigenvalue weighted by atomic mass is 19.3. The van der Waals surface area contributed by atoms with Gasteiger partial charge in [0.15, 0.2) is 0 Å². The van der Waals surface area contributed by atoms with Crippen molar-refractivity contribution in [3.05, 3.63) is 54.4 Å². The molecule has 1 aromatic heterocycles. The molecular formula is C19H17F2N3O3. The number of alkyl halides is 2. The highest BCUT2D eigenvalue weighted by Gasteiger charge is 2.35. The maximum Gasteiger partial charge on any atom is 0.415 e. The van der Waals surface area contributed by atoms with Gasteiger partial charge in [0, 0.05) is 6.42 Å². The number of hydrogen-bond donors (Lipinski definition) is 1. The topological polar surface area (TPSA) is 67.5 Å². The Hall–Kier alpha value is -3.16. The van der Waals surface area contributed by atoms with Crippen molar-refractivity contribution in [1.29, 1.82) is 0 Å². The Bertz CT molecular complexity index is 943. The minimum Gasteiger partial charge on any atom is -0.493 e. The lowest BCUT2D eigenvalue weighted by Crippen LogP contribution is -2.27. The van der Waals surface area contributed by atoms with E-state index < -0.39 is 12.5 Å². The highest BCUT2D eigenvalue weighted by Crippen LogP contribution is 2.34. The van der Waals surface area contributed by atoms with E-state index in [1.54, 1.807) is 23.4 Å². The third-order valence-electron chi connectivity index (χ3n) is 4.42. The van der Waals surface area contributed by atoms with Gasteiger partial charge in [0.25, 0.3) is 0 Å². The number of anilines is 1. The molecular weight excluding hydrogens is 356 g/mol. The number of carbonyl (C=O) groups excluding carboxylic acids is 1. The van der Waals surface area contributed by atoms with E-state index >= 15 is 0 Å². The van der Waals surface area contributed by atoms with Gasteiger partial charge in [0.1, 0.15) is 12.4 Å². The third kappa shape index (κ3) is 3.55. The summed E-state index contributed by atoms with van der Waals surface area (Å²) in [6.45, 7) is 0.184. The van der Waals surface area contributed by atoms with E-state index in [1.807, 2.05) is 30.3 Å². The molecule has 1 N–H and O–H groups in total. The second-order valence-corrected chi connectivity index (χ2v) is 6.16. The molecule has 0 unspecified atom stereocenters. The number of aromatic amines is 1. The number of benzene rings is 2. The van der Waals surface area contributed by atoms with Crippen LogP contribution in [0, 0.1) is 0 Å². The number of rotatable bonds is 6. The number of aromatic nitrogens is 2. The van der Waals surface area contributed by atoms with E-state index in [-0.39, 0.29) is 25.7 Å². The summed E-state index contributed by atoms with van der Waals surface area (Å²) in [5.74, 6) is 0.509. The fraction of sp³-hybridized carbons (Fsp3) is 0.263. The van der Waals surface area contributed by atoms with E-state index in [0.29, 0.717) is 11.4 Å². The summed E-state index contributed by atoms with van der Waals surface area (Å²) in [4.78, 5) is 21.1. The molecule has 1 fully saturated rings. The van der Waals surface area contributed by atoms with Gasteiger partial charge in [-0.25, -0.2) is 18.6 Å². The van der Waals surface area contributed by atoms with E-state index in [0.717, 1.165) is 16.6 Å². The molecule has 0 bridgehead atoms. The lowest BCUT2D eigenvalue weighted by molar-refractivity contribution is 0.114. The summed E-state index contributed by atoms with van der Waals surface area (Å²) in [5, 5.41) is 0. The molecule has 0 radical (unpaired) electrons. The van der Waals surface area contributed by atoms with Gasteiger partial charge in [-0.05, 0) is 35.9 Å². The number of cyclic esters (lactones) is 1. The van der Waals surface area contributed by atoms with Gasteiger partial charge in [-0.3, -0.25) is 4.90 Å². The van der Waals surface area contributed by atoms with Gasteiger partial charge < -0.3 is 14.5 Å². The van der Waals surface area contributed by atoms with E-state index in [1.165, 1.54) is 0 Å². The van der Waals surface area contributed by atoms with Gasteiger partial charge in [-0.2, -0.15) is 0 Å². The van der Waals surface area contributed by atoms with Crippen molar-refractivity contribution in [2.45, 2.75) is 18.9 Å². The van der Waals surface area contributed by atoms with Crippen LogP contribution in [0.25, 0.3) is 11.0 Å². The SMILES string of the molecule is O=C1OC[C@H](c2ccc(OCCC(F)F)cc2)N1c1ccc2nc[nH]c2c1. The van der Waals surface area contributed by atoms with Crippen LogP contribution in [0.1, 0.15) is 18.0 Å². The van der Waals surface area contributed by atoms with Crippen LogP contribution in [0.3, 0.4) is 0 Å². The normalized spacial score (nSPS) is 16.9. The number of nitrogens with zero attached hydrogens (tertiary/aromatic N) is 2. The van der Waals surface area contributed by atoms with Crippen LogP contribution in [0.5, 0.6) is 5.75 Å². The second kappa shape index (κ2) is 7.22. The van der Waals surface area contributed by atoms with Crippen molar-refractivity contribution in [2.75, 3.05) is 18.1 Å². The molecule has 4 rings (SSSR count). The van der Waals surface area contributed by atoms with Crippen LogP contribution in [-0.2, 0) is 4.74 Å². The Kier molecular flexibility index (Phi) is 4.62. The molecule has 1 aliphatic rings. The molecule has 3 aromatic rings. The average molecular weight is 373 g/mol. The Labute approximate surface area is 153 Å². The second-order valence-electron chi connectivity index (χ2n) is 6.16. The van der Waals surface area contributed by atoms with Gasteiger partial charge in [0.05, 0.1) is 35.7 Å². The molecule has 1 amide bonds. The average Bonchev–Trinajstić information content (AvgIpc) is 3.27. The zero-order valence-corrected chi connectivity index (χ0v) is 14.3. The molecule has 0 spiro atoms. The van der Waals surface area contributed by atoms with Crippen LogP contribution in [0.2, 0.25) is 0 Å². The first-order chi connectivity index (χ1) is 13.1. The zero-order chi connectivity index (χ0) is 18.8. The van der Waals surface area contributed by atoms with Crippen LogP contribution < -0.4 is 9.64 Å². The van der Waals surface area contributed by atoms with Crippen LogP contribution in [-0.4, -0.2) is 35.7 Å². The maximum atomic E-state index is 12.3. The smallest absolute Gasteiger partial charge is 0.415 e. The maximum absolute atomic E-state index is 12.3. The van der Waals surface area contributed by atoms with Crippen molar-refractivity contribution < 1.29 is 23.0 Å². The fourth-order valence-electron chi connectivity index (χ4n) is 3.08. The fourth-order valence-corrected chi connectivity index (χ4v) is 3.08. The number of fused-ring (bicyclic) bond motifs is 1. The monoisotopic (exact) mass is 373 g/mol. The van der Waals surface area contributed by atoms with Crippen LogP contribution in [0.15, 0.2) is 48.8 Å². The molecule has 140 valence electrons. The van der Waals surface area contributed by atoms with Gasteiger partial charge in [0.2, 0.25) is 6.43 Å². The summed E-state index contributed by atoms with van der Waals surface area (Å²) >= 11 is 0. The number of hydrogen-bond acceptors (Lipinski definition) is 4. The van der Waals surface area contributed by atoms with Crippen molar-refractivity contribution in [1.82, 2.24) is 9.97 Å². The molecule has 6 nitrogen and oxygen atoms in total. The lowest BCUT2D eigenvalue weighted by Gasteiger charge is -2.22. The summed E-state index contributed by atoms with van der Waals surface area (Å²) < 4.78 is 34.9. The standard InChI is InChI=1S/C19H17F2N3O3/c20-18(21)7-8-26-14-4-1-12(2-5-14)17-10-27-19(25)24(17)13-3-6-15-16(9-13)23-11-22-15/h1-6,9,11,17-18H,7-8,10H2,(H,22,23)/t17-/m1/s1. The number of nitrogens with one attached hydrogen (secondary N) is 1. The summed E-state index contributed by atoms with van der Waals surface area (Å²) in [6, 6.07) is 12.3. The van der Waals surface area contributed by atoms with Crippen LogP contribution >= 0.6 is 0 Å². The number of ether oxygens (including phenoxy) is 2. The predicted molar refractivity (Wildman–Crippen MR) is 95.2 cm³/mol. The molecule has 0 saturated carbocycles. The van der Waals surface area contributed by atoms with E-state index in [4.69, 9.17) is 9.47 Å². The molecule has 0 aliphatic carbocycles. The van der Waals surface area contributed by atoms with Crippen molar-refractivity contribution in [3.63, 3.8) is 0 Å². The first-order valence-electron chi connectivity index (χ1n) is 8.52. The molecule has 1 atom stereocenters. The van der Waals surface area contributed by atoms with Crippen molar-refractivity contribution in [2.24, 2.45) is 0 Å². The minimum atomic E-state index is -2.38. The largest absolute Gasteiger partial charge is 0.493 e. The lowest BCUT2D eigenvalue weighted by atomic mass is 10.1. The Balaban J connectivity index is 1.54. The number of halogens is 2. The van der Waals surface area contributed by atoms with Crippen molar-refractivity contribution in [3.8, 4) is 5.75 Å². The molecule has 1 saturated heterocycles. The van der Waals surface area contributed by atoms with E-state index in [2.05, 4.69) is 9.97 Å². The number of imidazole rings is 1. The third-order valence-corrected chi connectivity index (χ3v) is 4.42. The molecule has 2 aromatic carbocycles. The summed E-state index contributed by atoms with van der Waals surface area (Å²) in [7, 11) is 0. The summed E-state index contributed by atoms with van der Waals surface area (Å²) in [6.07, 6.45) is -1.51. The predicted octanol–water partition coefficient (Wildman–Crippen LogP) is 4.29. The number of carbonyl (C=O) groups is 1. The van der Waals surface area contributed by atoms with E-state index in [9.17, 15) is 13.6 Å². The zero-order valence-electron chi connectivity index (χ0n) is 14.3. The van der Waals surface area contributed by atoms with Crippen molar-refractivity contribution >= 4 is 22.8 Å². The Morgan fingerprint density at radius 3 is 2.85 bits per heavy atom.